The number of hydrogen-bond donors (Lipinski definition) is 2. The number of carboxylic acid groups (broad SMARTS) is 1. The molecule has 5 heteroatoms. The normalized spacial score (nSPS) is 16.5. The molecule has 0 amide bonds. The van der Waals surface area contributed by atoms with E-state index in [-0.39, 0.29) is 0 Å². The minimum atomic E-state index is -0.861. The molecule has 1 aromatic carbocycles. The fourth-order valence-corrected chi connectivity index (χ4v) is 3.32. The summed E-state index contributed by atoms with van der Waals surface area (Å²) in [7, 11) is 0. The molecule has 0 radical (unpaired) electrons. The standard InChI is InChI=1S/C17H23N3O2/c1-12(2)20-13(11-19-8-6-18-7-9-19)10-15-14(17(21)22)4-3-5-16(15)20/h3-5,10,12,18H,6-9,11H2,1-2H3,(H,21,22). The summed E-state index contributed by atoms with van der Waals surface area (Å²) in [6.07, 6.45) is 0. The van der Waals surface area contributed by atoms with Crippen LogP contribution in [0.15, 0.2) is 24.3 Å². The van der Waals surface area contributed by atoms with Gasteiger partial charge in [0.05, 0.1) is 5.56 Å². The molecule has 0 bridgehead atoms. The van der Waals surface area contributed by atoms with Crippen LogP contribution in [-0.4, -0.2) is 46.7 Å². The fraction of sp³-hybridized carbons (Fsp3) is 0.471. The molecular formula is C17H23N3O2. The third-order valence-electron chi connectivity index (χ3n) is 4.31. The Bertz CT molecular complexity index is 685. The molecule has 0 saturated carbocycles. The van der Waals surface area contributed by atoms with Crippen LogP contribution in [0, 0.1) is 0 Å². The highest BCUT2D eigenvalue weighted by atomic mass is 16.4. The molecule has 2 N–H and O–H groups in total. The Labute approximate surface area is 130 Å². The van der Waals surface area contributed by atoms with Crippen molar-refractivity contribution in [2.24, 2.45) is 0 Å². The van der Waals surface area contributed by atoms with E-state index in [9.17, 15) is 9.90 Å². The molecule has 3 rings (SSSR count). The zero-order valence-electron chi connectivity index (χ0n) is 13.2. The second-order valence-corrected chi connectivity index (χ2v) is 6.17. The molecule has 1 fully saturated rings. The summed E-state index contributed by atoms with van der Waals surface area (Å²) in [5, 5.41) is 13.6. The fourth-order valence-electron chi connectivity index (χ4n) is 3.32. The van der Waals surface area contributed by atoms with Crippen LogP contribution in [0.5, 0.6) is 0 Å². The van der Waals surface area contributed by atoms with Gasteiger partial charge in [-0.15, -0.1) is 0 Å². The largest absolute Gasteiger partial charge is 0.478 e. The third kappa shape index (κ3) is 2.74. The molecule has 5 nitrogen and oxygen atoms in total. The first kappa shape index (κ1) is 15.1. The number of nitrogens with one attached hydrogen (secondary N) is 1. The van der Waals surface area contributed by atoms with Crippen LogP contribution >= 0.6 is 0 Å². The van der Waals surface area contributed by atoms with Crippen molar-refractivity contribution in [3.63, 3.8) is 0 Å². The van der Waals surface area contributed by atoms with Gasteiger partial charge in [-0.2, -0.15) is 0 Å². The second-order valence-electron chi connectivity index (χ2n) is 6.17. The van der Waals surface area contributed by atoms with E-state index < -0.39 is 5.97 Å². The molecule has 1 aliphatic heterocycles. The van der Waals surface area contributed by atoms with Crippen molar-refractivity contribution < 1.29 is 9.90 Å². The summed E-state index contributed by atoms with van der Waals surface area (Å²) < 4.78 is 2.27. The Kier molecular flexibility index (Phi) is 4.18. The average Bonchev–Trinajstić information content (AvgIpc) is 2.85. The average molecular weight is 301 g/mol. The number of carbonyl (C=O) groups is 1. The molecule has 22 heavy (non-hydrogen) atoms. The molecule has 0 atom stereocenters. The van der Waals surface area contributed by atoms with Crippen LogP contribution in [0.2, 0.25) is 0 Å². The van der Waals surface area contributed by atoms with Crippen LogP contribution in [0.3, 0.4) is 0 Å². The first-order valence-corrected chi connectivity index (χ1v) is 7.87. The summed E-state index contributed by atoms with van der Waals surface area (Å²) in [5.74, 6) is -0.861. The lowest BCUT2D eigenvalue weighted by molar-refractivity contribution is 0.0699. The van der Waals surface area contributed by atoms with E-state index in [4.69, 9.17) is 0 Å². The Balaban J connectivity index is 2.06. The van der Waals surface area contributed by atoms with E-state index in [0.717, 1.165) is 43.6 Å². The minimum absolute atomic E-state index is 0.305. The highest BCUT2D eigenvalue weighted by Gasteiger charge is 2.19. The van der Waals surface area contributed by atoms with E-state index in [1.54, 1.807) is 6.07 Å². The predicted molar refractivity (Wildman–Crippen MR) is 87.4 cm³/mol. The number of aromatic nitrogens is 1. The van der Waals surface area contributed by atoms with Crippen molar-refractivity contribution in [1.82, 2.24) is 14.8 Å². The van der Waals surface area contributed by atoms with Gasteiger partial charge in [0.15, 0.2) is 0 Å². The highest BCUT2D eigenvalue weighted by Crippen LogP contribution is 2.28. The van der Waals surface area contributed by atoms with E-state index in [0.29, 0.717) is 11.6 Å². The van der Waals surface area contributed by atoms with Gasteiger partial charge in [0.25, 0.3) is 0 Å². The van der Waals surface area contributed by atoms with Gasteiger partial charge in [-0.3, -0.25) is 4.90 Å². The maximum atomic E-state index is 11.5. The van der Waals surface area contributed by atoms with Crippen molar-refractivity contribution in [2.45, 2.75) is 26.4 Å². The number of carboxylic acids is 1. The Morgan fingerprint density at radius 2 is 2.05 bits per heavy atom. The molecule has 1 aliphatic rings. The van der Waals surface area contributed by atoms with Crippen molar-refractivity contribution in [3.8, 4) is 0 Å². The zero-order chi connectivity index (χ0) is 15.7. The quantitative estimate of drug-likeness (QED) is 0.910. The van der Waals surface area contributed by atoms with Gasteiger partial charge in [0, 0.05) is 55.4 Å². The molecule has 2 heterocycles. The van der Waals surface area contributed by atoms with Gasteiger partial charge in [-0.25, -0.2) is 4.79 Å². The van der Waals surface area contributed by atoms with E-state index >= 15 is 0 Å². The highest BCUT2D eigenvalue weighted by molar-refractivity contribution is 6.03. The molecule has 0 unspecified atom stereocenters. The molecule has 2 aromatic rings. The van der Waals surface area contributed by atoms with Crippen molar-refractivity contribution in [2.75, 3.05) is 26.2 Å². The van der Waals surface area contributed by atoms with Gasteiger partial charge < -0.3 is 15.0 Å². The molecular weight excluding hydrogens is 278 g/mol. The molecule has 1 saturated heterocycles. The first-order valence-electron chi connectivity index (χ1n) is 7.87. The van der Waals surface area contributed by atoms with Crippen LogP contribution in [0.4, 0.5) is 0 Å². The maximum Gasteiger partial charge on any atom is 0.336 e. The van der Waals surface area contributed by atoms with E-state index in [1.807, 2.05) is 12.1 Å². The smallest absolute Gasteiger partial charge is 0.336 e. The number of nitrogens with zero attached hydrogens (tertiary/aromatic N) is 2. The number of rotatable bonds is 4. The monoisotopic (exact) mass is 301 g/mol. The van der Waals surface area contributed by atoms with Crippen LogP contribution in [-0.2, 0) is 6.54 Å². The SMILES string of the molecule is CC(C)n1c(CN2CCNCC2)cc2c(C(=O)O)cccc21. The minimum Gasteiger partial charge on any atom is -0.478 e. The molecule has 0 aliphatic carbocycles. The summed E-state index contributed by atoms with van der Waals surface area (Å²) >= 11 is 0. The van der Waals surface area contributed by atoms with Crippen molar-refractivity contribution in [1.29, 1.82) is 0 Å². The van der Waals surface area contributed by atoms with Gasteiger partial charge in [0.1, 0.15) is 0 Å². The number of aromatic carboxylic acids is 1. The molecule has 118 valence electrons. The van der Waals surface area contributed by atoms with Crippen LogP contribution < -0.4 is 5.32 Å². The predicted octanol–water partition coefficient (Wildman–Crippen LogP) is 2.33. The number of piperazine rings is 1. The van der Waals surface area contributed by atoms with E-state index in [1.165, 1.54) is 5.69 Å². The molecule has 0 spiro atoms. The van der Waals surface area contributed by atoms with Gasteiger partial charge in [-0.1, -0.05) is 6.07 Å². The van der Waals surface area contributed by atoms with Crippen molar-refractivity contribution in [3.05, 3.63) is 35.5 Å². The van der Waals surface area contributed by atoms with Gasteiger partial charge >= 0.3 is 5.97 Å². The summed E-state index contributed by atoms with van der Waals surface area (Å²) in [6.45, 7) is 9.26. The number of hydrogen-bond acceptors (Lipinski definition) is 3. The lowest BCUT2D eigenvalue weighted by Crippen LogP contribution is -2.43. The van der Waals surface area contributed by atoms with Gasteiger partial charge in [-0.05, 0) is 32.0 Å². The first-order chi connectivity index (χ1) is 10.6. The van der Waals surface area contributed by atoms with Crippen molar-refractivity contribution >= 4 is 16.9 Å². The number of benzene rings is 1. The Morgan fingerprint density at radius 3 is 2.68 bits per heavy atom. The second kappa shape index (κ2) is 6.10. The topological polar surface area (TPSA) is 57.5 Å². The number of fused-ring (bicyclic) bond motifs is 1. The zero-order valence-corrected chi connectivity index (χ0v) is 13.2. The van der Waals surface area contributed by atoms with E-state index in [2.05, 4.69) is 34.7 Å². The lowest BCUT2D eigenvalue weighted by Gasteiger charge is -2.28. The summed E-state index contributed by atoms with van der Waals surface area (Å²) in [4.78, 5) is 13.9. The Hall–Kier alpha value is -1.85. The summed E-state index contributed by atoms with van der Waals surface area (Å²) in [6, 6.07) is 7.90. The van der Waals surface area contributed by atoms with Crippen LogP contribution in [0.25, 0.3) is 10.9 Å². The third-order valence-corrected chi connectivity index (χ3v) is 4.31. The van der Waals surface area contributed by atoms with Crippen LogP contribution in [0.1, 0.15) is 35.9 Å². The lowest BCUT2D eigenvalue weighted by atomic mass is 10.1. The Morgan fingerprint density at radius 1 is 1.32 bits per heavy atom. The maximum absolute atomic E-state index is 11.5. The van der Waals surface area contributed by atoms with Gasteiger partial charge in [0.2, 0.25) is 0 Å². The summed E-state index contributed by atoms with van der Waals surface area (Å²) in [5.41, 5.74) is 2.60. The molecule has 1 aromatic heterocycles.